The van der Waals surface area contributed by atoms with Crippen LogP contribution in [0.1, 0.15) is 5.56 Å². The van der Waals surface area contributed by atoms with Gasteiger partial charge in [0.05, 0.1) is 5.97 Å². The Balaban J connectivity index is 0.00000225. The molecule has 16 heavy (non-hydrogen) atoms. The topological polar surface area (TPSA) is 121 Å². The zero-order valence-corrected chi connectivity index (χ0v) is 8.39. The number of aromatic hydroxyl groups is 4. The van der Waals surface area contributed by atoms with Gasteiger partial charge in [0, 0.05) is 11.1 Å². The van der Waals surface area contributed by atoms with Crippen LogP contribution < -0.4 is 24.0 Å². The number of carbonyl (C=O) groups excluding carboxylic acids is 1. The normalized spacial score (nSPS) is 9.25. The summed E-state index contributed by atoms with van der Waals surface area (Å²) in [7, 11) is 0. The predicted octanol–water partition coefficient (Wildman–Crippen LogP) is -3.72. The molecule has 0 aliphatic carbocycles. The Kier molecular flexibility index (Phi) is 4.30. The first-order valence-corrected chi connectivity index (χ1v) is 3.73. The molecule has 0 atom stereocenters. The van der Waals surface area contributed by atoms with Crippen molar-refractivity contribution in [3.05, 3.63) is 18.2 Å². The standard InChI is InChI=1S/C9H8O6.Li/c1-3(9(14)15)4-2-5(10)7(12)8(13)6(4)11;/h2,10-13H,1H2,(H,14,15);/q;+1/p-1. The van der Waals surface area contributed by atoms with Gasteiger partial charge < -0.3 is 30.3 Å². The molecule has 1 aromatic carbocycles. The van der Waals surface area contributed by atoms with Crippen molar-refractivity contribution < 1.29 is 49.2 Å². The fourth-order valence-electron chi connectivity index (χ4n) is 0.974. The van der Waals surface area contributed by atoms with Crippen LogP contribution in [-0.2, 0) is 4.79 Å². The van der Waals surface area contributed by atoms with E-state index in [0.717, 1.165) is 6.07 Å². The number of rotatable bonds is 2. The van der Waals surface area contributed by atoms with Gasteiger partial charge in [-0.3, -0.25) is 0 Å². The van der Waals surface area contributed by atoms with Crippen molar-refractivity contribution in [3.63, 3.8) is 0 Å². The van der Waals surface area contributed by atoms with E-state index >= 15 is 0 Å². The van der Waals surface area contributed by atoms with Crippen molar-refractivity contribution in [2.24, 2.45) is 0 Å². The quantitative estimate of drug-likeness (QED) is 0.175. The summed E-state index contributed by atoms with van der Waals surface area (Å²) in [4.78, 5) is 10.4. The van der Waals surface area contributed by atoms with Crippen LogP contribution >= 0.6 is 0 Å². The van der Waals surface area contributed by atoms with Crippen molar-refractivity contribution in [2.45, 2.75) is 0 Å². The van der Waals surface area contributed by atoms with Crippen molar-refractivity contribution in [2.75, 3.05) is 0 Å². The second-order valence-electron chi connectivity index (χ2n) is 2.76. The van der Waals surface area contributed by atoms with E-state index in [0.29, 0.717) is 0 Å². The van der Waals surface area contributed by atoms with E-state index in [9.17, 15) is 15.0 Å². The van der Waals surface area contributed by atoms with Gasteiger partial charge in [0.2, 0.25) is 11.5 Å². The number of phenolic OH excluding ortho intramolecular Hbond substituents is 4. The molecule has 0 saturated heterocycles. The molecule has 0 radical (unpaired) electrons. The molecule has 80 valence electrons. The molecule has 0 aliphatic heterocycles. The fraction of sp³-hybridized carbons (Fsp3) is 0. The summed E-state index contributed by atoms with van der Waals surface area (Å²) in [5, 5.41) is 46.8. The van der Waals surface area contributed by atoms with E-state index < -0.39 is 40.1 Å². The average molecular weight is 218 g/mol. The van der Waals surface area contributed by atoms with Gasteiger partial charge in [-0.05, 0) is 6.07 Å². The van der Waals surface area contributed by atoms with Crippen LogP contribution in [0.25, 0.3) is 5.57 Å². The second kappa shape index (κ2) is 4.83. The molecule has 0 fully saturated rings. The molecule has 6 nitrogen and oxygen atoms in total. The van der Waals surface area contributed by atoms with Crippen LogP contribution in [0.5, 0.6) is 23.0 Å². The molecule has 0 unspecified atom stereocenters. The Labute approximate surface area is 102 Å². The average Bonchev–Trinajstić information content (AvgIpc) is 2.19. The molecular weight excluding hydrogens is 211 g/mol. The molecule has 1 rings (SSSR count). The zero-order chi connectivity index (χ0) is 11.7. The van der Waals surface area contributed by atoms with Gasteiger partial charge in [-0.1, -0.05) is 6.58 Å². The van der Waals surface area contributed by atoms with Gasteiger partial charge in [-0.15, -0.1) is 0 Å². The Morgan fingerprint density at radius 3 is 2.06 bits per heavy atom. The minimum Gasteiger partial charge on any atom is -0.545 e. The molecule has 0 aromatic heterocycles. The van der Waals surface area contributed by atoms with Crippen LogP contribution in [-0.4, -0.2) is 26.4 Å². The molecule has 0 amide bonds. The van der Waals surface area contributed by atoms with E-state index in [2.05, 4.69) is 6.58 Å². The minimum absolute atomic E-state index is 0. The molecule has 7 heteroatoms. The van der Waals surface area contributed by atoms with Gasteiger partial charge in [0.15, 0.2) is 11.5 Å². The first kappa shape index (κ1) is 14.2. The van der Waals surface area contributed by atoms with E-state index in [1.54, 1.807) is 0 Å². The number of phenols is 4. The smallest absolute Gasteiger partial charge is 0.545 e. The third-order valence-corrected chi connectivity index (χ3v) is 1.80. The van der Waals surface area contributed by atoms with Crippen molar-refractivity contribution in [3.8, 4) is 23.0 Å². The Hall–Kier alpha value is -1.77. The van der Waals surface area contributed by atoms with Crippen LogP contribution in [0, 0.1) is 0 Å². The number of carboxylic acids is 1. The second-order valence-corrected chi connectivity index (χ2v) is 2.76. The molecule has 0 bridgehead atoms. The van der Waals surface area contributed by atoms with Crippen LogP contribution in [0.2, 0.25) is 0 Å². The van der Waals surface area contributed by atoms with Crippen molar-refractivity contribution in [1.29, 1.82) is 0 Å². The monoisotopic (exact) mass is 218 g/mol. The van der Waals surface area contributed by atoms with E-state index in [1.165, 1.54) is 0 Å². The molecule has 0 aliphatic rings. The maximum Gasteiger partial charge on any atom is 1.00 e. The maximum atomic E-state index is 10.4. The first-order valence-electron chi connectivity index (χ1n) is 3.73. The third kappa shape index (κ3) is 2.24. The van der Waals surface area contributed by atoms with Crippen molar-refractivity contribution in [1.82, 2.24) is 0 Å². The van der Waals surface area contributed by atoms with Crippen LogP contribution in [0.4, 0.5) is 0 Å². The Bertz CT molecular complexity index is 454. The Morgan fingerprint density at radius 2 is 1.62 bits per heavy atom. The summed E-state index contributed by atoms with van der Waals surface area (Å²) in [6.07, 6.45) is 0. The summed E-state index contributed by atoms with van der Waals surface area (Å²) in [6, 6.07) is 0.752. The van der Waals surface area contributed by atoms with Crippen molar-refractivity contribution >= 4 is 11.5 Å². The summed E-state index contributed by atoms with van der Waals surface area (Å²) in [5.74, 6) is -5.30. The maximum absolute atomic E-state index is 10.4. The molecule has 1 aromatic rings. The van der Waals surface area contributed by atoms with Gasteiger partial charge >= 0.3 is 18.9 Å². The van der Waals surface area contributed by atoms with Gasteiger partial charge in [-0.25, -0.2) is 0 Å². The van der Waals surface area contributed by atoms with Gasteiger partial charge in [0.25, 0.3) is 0 Å². The number of benzene rings is 1. The largest absolute Gasteiger partial charge is 1.00 e. The number of carboxylic acid groups (broad SMARTS) is 1. The molecule has 4 N–H and O–H groups in total. The van der Waals surface area contributed by atoms with Crippen LogP contribution in [0.15, 0.2) is 12.6 Å². The predicted molar refractivity (Wildman–Crippen MR) is 47.1 cm³/mol. The number of hydrogen-bond donors (Lipinski definition) is 4. The van der Waals surface area contributed by atoms with Gasteiger partial charge in [-0.2, -0.15) is 0 Å². The van der Waals surface area contributed by atoms with E-state index in [1.807, 2.05) is 0 Å². The van der Waals surface area contributed by atoms with E-state index in [4.69, 9.17) is 15.3 Å². The summed E-state index contributed by atoms with van der Waals surface area (Å²) >= 11 is 0. The molecule has 0 saturated carbocycles. The number of carbonyl (C=O) groups is 1. The first-order chi connectivity index (χ1) is 6.86. The minimum atomic E-state index is -1.67. The Morgan fingerprint density at radius 1 is 1.12 bits per heavy atom. The van der Waals surface area contributed by atoms with E-state index in [-0.39, 0.29) is 18.9 Å². The molecule has 0 spiro atoms. The number of aliphatic carboxylic acids is 1. The summed E-state index contributed by atoms with van der Waals surface area (Å²) in [6.45, 7) is 3.07. The molecule has 0 heterocycles. The third-order valence-electron chi connectivity index (χ3n) is 1.80. The number of hydrogen-bond acceptors (Lipinski definition) is 6. The fourth-order valence-corrected chi connectivity index (χ4v) is 0.974. The molecular formula is C9H7LiO6. The zero-order valence-electron chi connectivity index (χ0n) is 8.39. The summed E-state index contributed by atoms with van der Waals surface area (Å²) < 4.78 is 0. The SMILES string of the molecule is C=C(C(=O)[O-])c1cc(O)c(O)c(O)c1O.[Li+]. The van der Waals surface area contributed by atoms with Crippen LogP contribution in [0.3, 0.4) is 0 Å². The van der Waals surface area contributed by atoms with Gasteiger partial charge in [0.1, 0.15) is 0 Å². The summed E-state index contributed by atoms with van der Waals surface area (Å²) in [5.41, 5.74) is -1.05.